The van der Waals surface area contributed by atoms with Gasteiger partial charge in [-0.05, 0) is 122 Å². The highest BCUT2D eigenvalue weighted by molar-refractivity contribution is 5.44. The molecular weight excluding hydrogens is 504 g/mol. The third-order valence-electron chi connectivity index (χ3n) is 10.9. The molecule has 5 rings (SSSR count). The second-order valence-corrected chi connectivity index (χ2v) is 13.2. The lowest BCUT2D eigenvalue weighted by Crippen LogP contribution is -2.44. The first kappa shape index (κ1) is 29.5. The number of phenols is 3. The van der Waals surface area contributed by atoms with E-state index in [0.29, 0.717) is 23.2 Å². The zero-order chi connectivity index (χ0) is 28.7. The molecule has 3 nitrogen and oxygen atoms in total. The zero-order valence-electron chi connectivity index (χ0n) is 25.0. The summed E-state index contributed by atoms with van der Waals surface area (Å²) in [6, 6.07) is 23.8. The standard InChI is InChI=1S/C38H50O3/c1-2-3-4-5-6-7-8-29-21-25-37(26-22-29,30-9-15-34(39)16-10-30)33-23-27-38(28-24-33,31-11-17-35(40)18-12-31)32-13-19-36(41)20-14-32/h9-20,29,33,39-41H,2-8,21-28H2,1H3. The van der Waals surface area contributed by atoms with Crippen LogP contribution in [0.25, 0.3) is 0 Å². The highest BCUT2D eigenvalue weighted by atomic mass is 16.3. The molecule has 0 saturated heterocycles. The fourth-order valence-electron chi connectivity index (χ4n) is 8.39. The van der Waals surface area contributed by atoms with Gasteiger partial charge in [0.1, 0.15) is 17.2 Å². The Balaban J connectivity index is 1.34. The van der Waals surface area contributed by atoms with Gasteiger partial charge in [0, 0.05) is 5.41 Å². The Morgan fingerprint density at radius 2 is 0.976 bits per heavy atom. The number of hydrogen-bond donors (Lipinski definition) is 3. The molecule has 0 bridgehead atoms. The molecule has 0 amide bonds. The molecule has 2 fully saturated rings. The summed E-state index contributed by atoms with van der Waals surface area (Å²) in [4.78, 5) is 0. The van der Waals surface area contributed by atoms with Crippen molar-refractivity contribution in [1.82, 2.24) is 0 Å². The summed E-state index contributed by atoms with van der Waals surface area (Å²) in [5.41, 5.74) is 3.96. The highest BCUT2D eigenvalue weighted by Crippen LogP contribution is 2.56. The van der Waals surface area contributed by atoms with Crippen molar-refractivity contribution in [2.75, 3.05) is 0 Å². The molecule has 3 N–H and O–H groups in total. The first-order valence-electron chi connectivity index (χ1n) is 16.3. The number of rotatable bonds is 11. The number of benzene rings is 3. The molecule has 0 heterocycles. The predicted molar refractivity (Wildman–Crippen MR) is 169 cm³/mol. The van der Waals surface area contributed by atoms with E-state index in [-0.39, 0.29) is 10.8 Å². The largest absolute Gasteiger partial charge is 0.508 e. The van der Waals surface area contributed by atoms with Crippen molar-refractivity contribution >= 4 is 0 Å². The van der Waals surface area contributed by atoms with Crippen LogP contribution >= 0.6 is 0 Å². The molecule has 0 radical (unpaired) electrons. The summed E-state index contributed by atoms with van der Waals surface area (Å²) in [5.74, 6) is 2.40. The lowest BCUT2D eigenvalue weighted by atomic mass is 9.53. The van der Waals surface area contributed by atoms with E-state index in [2.05, 4.69) is 43.3 Å². The van der Waals surface area contributed by atoms with Crippen molar-refractivity contribution in [1.29, 1.82) is 0 Å². The van der Waals surface area contributed by atoms with Crippen LogP contribution in [-0.2, 0) is 10.8 Å². The van der Waals surface area contributed by atoms with E-state index in [9.17, 15) is 15.3 Å². The molecule has 0 spiro atoms. The van der Waals surface area contributed by atoms with Crippen LogP contribution in [0.2, 0.25) is 0 Å². The van der Waals surface area contributed by atoms with Gasteiger partial charge in [-0.2, -0.15) is 0 Å². The summed E-state index contributed by atoms with van der Waals surface area (Å²) in [5, 5.41) is 30.1. The number of phenolic OH excluding ortho intramolecular Hbond substituents is 3. The monoisotopic (exact) mass is 554 g/mol. The number of unbranched alkanes of at least 4 members (excludes halogenated alkanes) is 5. The number of hydrogen-bond acceptors (Lipinski definition) is 3. The molecule has 0 atom stereocenters. The van der Waals surface area contributed by atoms with Gasteiger partial charge in [-0.25, -0.2) is 0 Å². The molecule has 41 heavy (non-hydrogen) atoms. The first-order chi connectivity index (χ1) is 19.9. The maximum atomic E-state index is 10.1. The van der Waals surface area contributed by atoms with Crippen molar-refractivity contribution in [3.05, 3.63) is 89.5 Å². The molecule has 3 aromatic carbocycles. The average molecular weight is 555 g/mol. The number of aromatic hydroxyl groups is 3. The molecule has 2 aliphatic rings. The molecular formula is C38H50O3. The molecule has 0 aromatic heterocycles. The Hall–Kier alpha value is -2.94. The van der Waals surface area contributed by atoms with E-state index in [1.54, 1.807) is 0 Å². The summed E-state index contributed by atoms with van der Waals surface area (Å²) < 4.78 is 0. The molecule has 2 saturated carbocycles. The normalized spacial score (nSPS) is 22.9. The SMILES string of the molecule is CCCCCCCCC1CCC(c2ccc(O)cc2)(C2CCC(c3ccc(O)cc3)(c3ccc(O)cc3)CC2)CC1. The second-order valence-electron chi connectivity index (χ2n) is 13.2. The third kappa shape index (κ3) is 6.60. The molecule has 2 aliphatic carbocycles. The van der Waals surface area contributed by atoms with Crippen LogP contribution in [0.1, 0.15) is 120 Å². The maximum Gasteiger partial charge on any atom is 0.115 e. The third-order valence-corrected chi connectivity index (χ3v) is 10.9. The minimum Gasteiger partial charge on any atom is -0.508 e. The minimum atomic E-state index is -0.122. The summed E-state index contributed by atoms with van der Waals surface area (Å²) in [6.07, 6.45) is 19.1. The van der Waals surface area contributed by atoms with Crippen LogP contribution in [0.4, 0.5) is 0 Å². The Morgan fingerprint density at radius 3 is 1.46 bits per heavy atom. The highest BCUT2D eigenvalue weighted by Gasteiger charge is 2.48. The van der Waals surface area contributed by atoms with E-state index in [4.69, 9.17) is 0 Å². The van der Waals surface area contributed by atoms with Gasteiger partial charge in [0.25, 0.3) is 0 Å². The van der Waals surface area contributed by atoms with Crippen LogP contribution < -0.4 is 0 Å². The van der Waals surface area contributed by atoms with Crippen LogP contribution in [0.5, 0.6) is 17.2 Å². The summed E-state index contributed by atoms with van der Waals surface area (Å²) >= 11 is 0. The average Bonchev–Trinajstić information content (AvgIpc) is 3.00. The Bertz CT molecular complexity index is 1150. The minimum absolute atomic E-state index is 0.122. The van der Waals surface area contributed by atoms with E-state index >= 15 is 0 Å². The molecule has 3 heteroatoms. The van der Waals surface area contributed by atoms with Crippen molar-refractivity contribution in [2.24, 2.45) is 11.8 Å². The maximum absolute atomic E-state index is 10.1. The predicted octanol–water partition coefficient (Wildman–Crippen LogP) is 10.2. The molecule has 220 valence electrons. The topological polar surface area (TPSA) is 60.7 Å². The van der Waals surface area contributed by atoms with Crippen molar-refractivity contribution < 1.29 is 15.3 Å². The summed E-state index contributed by atoms with van der Waals surface area (Å²) in [7, 11) is 0. The van der Waals surface area contributed by atoms with Crippen LogP contribution in [-0.4, -0.2) is 15.3 Å². The second kappa shape index (κ2) is 13.4. The van der Waals surface area contributed by atoms with Gasteiger partial charge in [0.2, 0.25) is 0 Å². The van der Waals surface area contributed by atoms with Gasteiger partial charge in [0.15, 0.2) is 0 Å². The smallest absolute Gasteiger partial charge is 0.115 e. The van der Waals surface area contributed by atoms with Gasteiger partial charge >= 0.3 is 0 Å². The zero-order valence-corrected chi connectivity index (χ0v) is 25.0. The fourth-order valence-corrected chi connectivity index (χ4v) is 8.39. The van der Waals surface area contributed by atoms with Crippen LogP contribution in [0.3, 0.4) is 0 Å². The van der Waals surface area contributed by atoms with Crippen molar-refractivity contribution in [3.63, 3.8) is 0 Å². The van der Waals surface area contributed by atoms with E-state index in [1.807, 2.05) is 36.4 Å². The van der Waals surface area contributed by atoms with E-state index in [0.717, 1.165) is 31.6 Å². The molecule has 0 unspecified atom stereocenters. The van der Waals surface area contributed by atoms with Crippen molar-refractivity contribution in [2.45, 2.75) is 114 Å². The quantitative estimate of drug-likeness (QED) is 0.207. The van der Waals surface area contributed by atoms with Gasteiger partial charge in [-0.3, -0.25) is 0 Å². The van der Waals surface area contributed by atoms with Crippen LogP contribution in [0, 0.1) is 11.8 Å². The Morgan fingerprint density at radius 1 is 0.537 bits per heavy atom. The van der Waals surface area contributed by atoms with Gasteiger partial charge < -0.3 is 15.3 Å². The Labute approximate surface area is 247 Å². The first-order valence-corrected chi connectivity index (χ1v) is 16.3. The summed E-state index contributed by atoms with van der Waals surface area (Å²) in [6.45, 7) is 2.29. The molecule has 0 aliphatic heterocycles. The lowest BCUT2D eigenvalue weighted by Gasteiger charge is -2.51. The Kier molecular flexibility index (Phi) is 9.63. The lowest BCUT2D eigenvalue weighted by molar-refractivity contribution is 0.103. The van der Waals surface area contributed by atoms with E-state index in [1.165, 1.54) is 87.3 Å². The van der Waals surface area contributed by atoms with Gasteiger partial charge in [-0.15, -0.1) is 0 Å². The van der Waals surface area contributed by atoms with E-state index < -0.39 is 0 Å². The van der Waals surface area contributed by atoms with Crippen molar-refractivity contribution in [3.8, 4) is 17.2 Å². The van der Waals surface area contributed by atoms with Gasteiger partial charge in [0.05, 0.1) is 0 Å². The van der Waals surface area contributed by atoms with Crippen LogP contribution in [0.15, 0.2) is 72.8 Å². The van der Waals surface area contributed by atoms with Gasteiger partial charge in [-0.1, -0.05) is 88.3 Å². The molecule has 3 aromatic rings. The fraction of sp³-hybridized carbons (Fsp3) is 0.526.